The molecule has 1 aromatic heterocycles. The van der Waals surface area contributed by atoms with Crippen molar-refractivity contribution in [3.63, 3.8) is 0 Å². The van der Waals surface area contributed by atoms with Gasteiger partial charge >= 0.3 is 0 Å². The number of pyridine rings is 1. The molecule has 0 aliphatic carbocycles. The van der Waals surface area contributed by atoms with Gasteiger partial charge in [-0.15, -0.1) is 0 Å². The molecule has 3 aromatic rings. The Morgan fingerprint density at radius 2 is 1.94 bits per heavy atom. The number of nitrogens with one attached hydrogen (secondary N) is 1. The summed E-state index contributed by atoms with van der Waals surface area (Å²) in [4.78, 5) is 45.4. The molecule has 1 unspecified atom stereocenters. The van der Waals surface area contributed by atoms with Crippen LogP contribution < -0.4 is 10.1 Å². The van der Waals surface area contributed by atoms with Crippen molar-refractivity contribution in [2.45, 2.75) is 51.4 Å². The van der Waals surface area contributed by atoms with Crippen molar-refractivity contribution < 1.29 is 19.1 Å². The number of aryl methyl sites for hydroxylation is 1. The lowest BCUT2D eigenvalue weighted by Crippen LogP contribution is -2.52. The SMILES string of the molecule is Cc1nc2ccccc2cc1CN1CC[C@H](Oc2ccc3c(c2)CN(C2CCC(=O)NC2=O)C3=O)C1. The number of carbonyl (C=O) groups excluding carboxylic acids is 3. The van der Waals surface area contributed by atoms with Crippen LogP contribution in [0.3, 0.4) is 0 Å². The van der Waals surface area contributed by atoms with Crippen molar-refractivity contribution in [3.05, 3.63) is 70.9 Å². The van der Waals surface area contributed by atoms with Crippen molar-refractivity contribution >= 4 is 28.6 Å². The Bertz CT molecular complexity index is 1390. The number of piperidine rings is 1. The minimum Gasteiger partial charge on any atom is -0.489 e. The molecule has 3 aliphatic rings. The smallest absolute Gasteiger partial charge is 0.255 e. The number of amides is 3. The topological polar surface area (TPSA) is 91.8 Å². The van der Waals surface area contributed by atoms with E-state index in [0.717, 1.165) is 54.0 Å². The van der Waals surface area contributed by atoms with E-state index in [2.05, 4.69) is 29.3 Å². The summed E-state index contributed by atoms with van der Waals surface area (Å²) in [7, 11) is 0. The summed E-state index contributed by atoms with van der Waals surface area (Å²) in [5, 5.41) is 3.50. The molecule has 0 radical (unpaired) electrons. The van der Waals surface area contributed by atoms with Crippen molar-refractivity contribution in [3.8, 4) is 5.75 Å². The van der Waals surface area contributed by atoms with Crippen LogP contribution in [0.2, 0.25) is 0 Å². The molecule has 3 amide bonds. The summed E-state index contributed by atoms with van der Waals surface area (Å²) in [5.41, 5.74) is 4.77. The van der Waals surface area contributed by atoms with Crippen LogP contribution in [0.15, 0.2) is 48.5 Å². The van der Waals surface area contributed by atoms with Gasteiger partial charge in [-0.3, -0.25) is 29.6 Å². The first-order chi connectivity index (χ1) is 17.4. The van der Waals surface area contributed by atoms with Gasteiger partial charge in [0.05, 0.1) is 5.52 Å². The van der Waals surface area contributed by atoms with Gasteiger partial charge < -0.3 is 9.64 Å². The van der Waals surface area contributed by atoms with Crippen LogP contribution in [0.5, 0.6) is 5.75 Å². The predicted molar refractivity (Wildman–Crippen MR) is 133 cm³/mol. The largest absolute Gasteiger partial charge is 0.489 e. The molecule has 0 spiro atoms. The van der Waals surface area contributed by atoms with Crippen molar-refractivity contribution in [2.24, 2.45) is 0 Å². The molecule has 2 saturated heterocycles. The number of hydrogen-bond donors (Lipinski definition) is 1. The van der Waals surface area contributed by atoms with E-state index in [1.165, 1.54) is 5.56 Å². The lowest BCUT2D eigenvalue weighted by atomic mass is 10.0. The number of para-hydroxylation sites is 1. The second kappa shape index (κ2) is 9.02. The quantitative estimate of drug-likeness (QED) is 0.560. The number of carbonyl (C=O) groups is 3. The maximum absolute atomic E-state index is 12.9. The van der Waals surface area contributed by atoms with Gasteiger partial charge in [-0.05, 0) is 61.2 Å². The minimum absolute atomic E-state index is 0.0696. The van der Waals surface area contributed by atoms with Crippen LogP contribution in [0.1, 0.15) is 46.4 Å². The van der Waals surface area contributed by atoms with E-state index in [0.29, 0.717) is 18.5 Å². The van der Waals surface area contributed by atoms with E-state index in [4.69, 9.17) is 9.72 Å². The van der Waals surface area contributed by atoms with Crippen molar-refractivity contribution in [1.29, 1.82) is 0 Å². The highest BCUT2D eigenvalue weighted by atomic mass is 16.5. The third-order valence-corrected chi connectivity index (χ3v) is 7.44. The standard InChI is InChI=1S/C28H28N4O4/c1-17-19(12-18-4-2-3-5-24(18)29-17)14-31-11-10-22(16-31)36-21-6-7-23-20(13-21)15-32(28(23)35)25-8-9-26(33)30-27(25)34/h2-7,12-13,22,25H,8-11,14-16H2,1H3,(H,30,33,34)/t22-,25?/m0/s1. The Morgan fingerprint density at radius 1 is 1.08 bits per heavy atom. The normalized spacial score (nSPS) is 22.2. The van der Waals surface area contributed by atoms with Crippen LogP contribution in [-0.2, 0) is 22.7 Å². The number of rotatable bonds is 5. The zero-order valence-electron chi connectivity index (χ0n) is 20.2. The van der Waals surface area contributed by atoms with Crippen molar-refractivity contribution in [2.75, 3.05) is 13.1 Å². The number of hydrogen-bond acceptors (Lipinski definition) is 6. The molecular formula is C28H28N4O4. The number of fused-ring (bicyclic) bond motifs is 2. The molecule has 184 valence electrons. The van der Waals surface area contributed by atoms with E-state index >= 15 is 0 Å². The molecule has 4 heterocycles. The van der Waals surface area contributed by atoms with E-state index in [1.54, 1.807) is 11.0 Å². The van der Waals surface area contributed by atoms with Gasteiger partial charge in [-0.1, -0.05) is 18.2 Å². The van der Waals surface area contributed by atoms with E-state index < -0.39 is 11.9 Å². The summed E-state index contributed by atoms with van der Waals surface area (Å²) < 4.78 is 6.31. The third kappa shape index (κ3) is 4.22. The second-order valence-corrected chi connectivity index (χ2v) is 9.91. The molecule has 2 fully saturated rings. The van der Waals surface area contributed by atoms with Gasteiger partial charge in [-0.2, -0.15) is 0 Å². The van der Waals surface area contributed by atoms with Crippen LogP contribution >= 0.6 is 0 Å². The summed E-state index contributed by atoms with van der Waals surface area (Å²) >= 11 is 0. The fourth-order valence-corrected chi connectivity index (χ4v) is 5.51. The molecule has 1 N–H and O–H groups in total. The average Bonchev–Trinajstić information content (AvgIpc) is 3.43. The minimum atomic E-state index is -0.608. The molecule has 6 rings (SSSR count). The summed E-state index contributed by atoms with van der Waals surface area (Å²) in [6.45, 7) is 5.02. The zero-order chi connectivity index (χ0) is 24.8. The number of ether oxygens (including phenoxy) is 1. The molecule has 8 nitrogen and oxygen atoms in total. The highest BCUT2D eigenvalue weighted by Gasteiger charge is 2.39. The van der Waals surface area contributed by atoms with Gasteiger partial charge in [0, 0.05) is 49.2 Å². The highest BCUT2D eigenvalue weighted by molar-refractivity contribution is 6.05. The Morgan fingerprint density at radius 3 is 2.81 bits per heavy atom. The Hall–Kier alpha value is -3.78. The molecule has 3 aliphatic heterocycles. The number of aromatic nitrogens is 1. The van der Waals surface area contributed by atoms with Crippen LogP contribution in [0.4, 0.5) is 0 Å². The van der Waals surface area contributed by atoms with E-state index in [-0.39, 0.29) is 24.3 Å². The predicted octanol–water partition coefficient (Wildman–Crippen LogP) is 2.96. The Labute approximate surface area is 209 Å². The fraction of sp³-hybridized carbons (Fsp3) is 0.357. The van der Waals surface area contributed by atoms with Gasteiger partial charge in [0.15, 0.2) is 0 Å². The Balaban J connectivity index is 1.10. The maximum Gasteiger partial charge on any atom is 0.255 e. The van der Waals surface area contributed by atoms with Crippen LogP contribution in [0.25, 0.3) is 10.9 Å². The molecule has 8 heteroatoms. The third-order valence-electron chi connectivity index (χ3n) is 7.44. The molecule has 2 atom stereocenters. The summed E-state index contributed by atoms with van der Waals surface area (Å²) in [5.74, 6) is -0.111. The highest BCUT2D eigenvalue weighted by Crippen LogP contribution is 2.31. The molecule has 0 bridgehead atoms. The second-order valence-electron chi connectivity index (χ2n) is 9.91. The monoisotopic (exact) mass is 484 g/mol. The zero-order valence-corrected chi connectivity index (χ0v) is 20.2. The molecular weight excluding hydrogens is 456 g/mol. The first-order valence-electron chi connectivity index (χ1n) is 12.5. The average molecular weight is 485 g/mol. The van der Waals surface area contributed by atoms with Crippen LogP contribution in [0, 0.1) is 6.92 Å². The Kier molecular flexibility index (Phi) is 5.68. The number of likely N-dealkylation sites (tertiary alicyclic amines) is 1. The molecule has 36 heavy (non-hydrogen) atoms. The van der Waals surface area contributed by atoms with E-state index in [1.807, 2.05) is 30.3 Å². The van der Waals surface area contributed by atoms with Gasteiger partial charge in [-0.25, -0.2) is 0 Å². The lowest BCUT2D eigenvalue weighted by molar-refractivity contribution is -0.136. The summed E-state index contributed by atoms with van der Waals surface area (Å²) in [6.07, 6.45) is 1.61. The van der Waals surface area contributed by atoms with Gasteiger partial charge in [0.25, 0.3) is 5.91 Å². The van der Waals surface area contributed by atoms with Gasteiger partial charge in [0.1, 0.15) is 17.9 Å². The fourth-order valence-electron chi connectivity index (χ4n) is 5.51. The number of benzene rings is 2. The van der Waals surface area contributed by atoms with Crippen molar-refractivity contribution in [1.82, 2.24) is 20.1 Å². The maximum atomic E-state index is 12.9. The number of nitrogens with zero attached hydrogens (tertiary/aromatic N) is 3. The van der Waals surface area contributed by atoms with Crippen LogP contribution in [-0.4, -0.2) is 57.7 Å². The lowest BCUT2D eigenvalue weighted by Gasteiger charge is -2.29. The summed E-state index contributed by atoms with van der Waals surface area (Å²) in [6, 6.07) is 15.4. The first-order valence-corrected chi connectivity index (χ1v) is 12.5. The van der Waals surface area contributed by atoms with Gasteiger partial charge in [0.2, 0.25) is 11.8 Å². The number of imide groups is 1. The molecule has 2 aromatic carbocycles. The molecule has 0 saturated carbocycles. The first kappa shape index (κ1) is 22.7. The van der Waals surface area contributed by atoms with E-state index in [9.17, 15) is 14.4 Å².